The van der Waals surface area contributed by atoms with Crippen molar-refractivity contribution in [3.63, 3.8) is 0 Å². The van der Waals surface area contributed by atoms with Gasteiger partial charge in [-0.15, -0.1) is 0 Å². The smallest absolute Gasteiger partial charge is 0.215 e. The number of methoxy groups -OCH3 is 1. The Morgan fingerprint density at radius 2 is 2.24 bits per heavy atom. The summed E-state index contributed by atoms with van der Waals surface area (Å²) in [5.74, 6) is 0.134. The first-order valence-electron chi connectivity index (χ1n) is 5.59. The van der Waals surface area contributed by atoms with Gasteiger partial charge < -0.3 is 10.1 Å². The van der Waals surface area contributed by atoms with Gasteiger partial charge >= 0.3 is 0 Å². The van der Waals surface area contributed by atoms with Crippen molar-refractivity contribution in [2.45, 2.75) is 13.3 Å². The molecule has 0 fully saturated rings. The monoisotopic (exact) mass is 228 g/mol. The number of rotatable bonds is 2. The highest BCUT2D eigenvalue weighted by Gasteiger charge is 2.17. The number of ether oxygens (including phenoxy) is 1. The molecule has 88 valence electrons. The second kappa shape index (κ2) is 4.45. The predicted molar refractivity (Wildman–Crippen MR) is 71.3 cm³/mol. The third kappa shape index (κ3) is 2.09. The summed E-state index contributed by atoms with van der Waals surface area (Å²) >= 11 is 0. The first kappa shape index (κ1) is 11.5. The SMILES string of the molecule is C=C1Nc2ccc(CC)cc2C=C1C(=N)OC. The van der Waals surface area contributed by atoms with Crippen LogP contribution in [0.3, 0.4) is 0 Å². The molecule has 3 heteroatoms. The molecule has 0 aliphatic carbocycles. The van der Waals surface area contributed by atoms with E-state index in [4.69, 9.17) is 10.1 Å². The highest BCUT2D eigenvalue weighted by atomic mass is 16.5. The molecule has 0 amide bonds. The molecule has 0 atom stereocenters. The largest absolute Gasteiger partial charge is 0.481 e. The number of hydrogen-bond donors (Lipinski definition) is 2. The molecule has 0 bridgehead atoms. The lowest BCUT2D eigenvalue weighted by molar-refractivity contribution is 0.401. The molecule has 1 aromatic carbocycles. The maximum atomic E-state index is 7.71. The lowest BCUT2D eigenvalue weighted by atomic mass is 9.99. The Morgan fingerprint density at radius 3 is 2.88 bits per heavy atom. The molecule has 0 spiro atoms. The predicted octanol–water partition coefficient (Wildman–Crippen LogP) is 3.20. The summed E-state index contributed by atoms with van der Waals surface area (Å²) in [5.41, 5.74) is 4.79. The van der Waals surface area contributed by atoms with Crippen LogP contribution in [0.4, 0.5) is 5.69 Å². The number of hydrogen-bond acceptors (Lipinski definition) is 3. The van der Waals surface area contributed by atoms with Gasteiger partial charge in [-0.05, 0) is 35.8 Å². The van der Waals surface area contributed by atoms with Gasteiger partial charge in [-0.25, -0.2) is 0 Å². The second-order valence-corrected chi connectivity index (χ2v) is 3.97. The molecule has 1 aliphatic heterocycles. The number of benzene rings is 1. The van der Waals surface area contributed by atoms with E-state index in [1.807, 2.05) is 12.1 Å². The maximum absolute atomic E-state index is 7.71. The lowest BCUT2D eigenvalue weighted by Gasteiger charge is -2.21. The van der Waals surface area contributed by atoms with Crippen LogP contribution < -0.4 is 5.32 Å². The quantitative estimate of drug-likeness (QED) is 0.603. The van der Waals surface area contributed by atoms with Crippen LogP contribution in [-0.4, -0.2) is 13.0 Å². The van der Waals surface area contributed by atoms with Crippen molar-refractivity contribution in [2.75, 3.05) is 12.4 Å². The minimum atomic E-state index is 0.134. The van der Waals surface area contributed by atoms with Gasteiger partial charge in [0.25, 0.3) is 0 Å². The zero-order chi connectivity index (χ0) is 12.4. The number of nitrogens with one attached hydrogen (secondary N) is 2. The Labute approximate surface area is 101 Å². The van der Waals surface area contributed by atoms with E-state index < -0.39 is 0 Å². The summed E-state index contributed by atoms with van der Waals surface area (Å²) in [7, 11) is 1.49. The van der Waals surface area contributed by atoms with Gasteiger partial charge in [0.1, 0.15) is 0 Å². The van der Waals surface area contributed by atoms with Crippen molar-refractivity contribution in [3.05, 3.63) is 47.2 Å². The van der Waals surface area contributed by atoms with Crippen molar-refractivity contribution in [1.82, 2.24) is 0 Å². The summed E-state index contributed by atoms with van der Waals surface area (Å²) in [5, 5.41) is 10.9. The summed E-state index contributed by atoms with van der Waals surface area (Å²) in [4.78, 5) is 0. The number of aryl methyl sites for hydroxylation is 1. The van der Waals surface area contributed by atoms with Crippen LogP contribution in [0.25, 0.3) is 6.08 Å². The fraction of sp³-hybridized carbons (Fsp3) is 0.214. The molecule has 1 aliphatic rings. The van der Waals surface area contributed by atoms with Crippen LogP contribution in [0, 0.1) is 5.41 Å². The first-order chi connectivity index (χ1) is 8.15. The molecule has 0 saturated carbocycles. The Morgan fingerprint density at radius 1 is 1.47 bits per heavy atom. The van der Waals surface area contributed by atoms with Gasteiger partial charge in [-0.2, -0.15) is 0 Å². The van der Waals surface area contributed by atoms with Gasteiger partial charge in [0, 0.05) is 11.4 Å². The van der Waals surface area contributed by atoms with Crippen molar-refractivity contribution >= 4 is 17.7 Å². The Bertz CT molecular complexity index is 515. The molecular formula is C14H16N2O. The molecule has 0 unspecified atom stereocenters. The van der Waals surface area contributed by atoms with E-state index in [0.29, 0.717) is 11.3 Å². The minimum Gasteiger partial charge on any atom is -0.481 e. The van der Waals surface area contributed by atoms with Crippen LogP contribution >= 0.6 is 0 Å². The molecule has 0 saturated heterocycles. The summed E-state index contributed by atoms with van der Waals surface area (Å²) < 4.78 is 4.95. The van der Waals surface area contributed by atoms with Crippen LogP contribution in [0.5, 0.6) is 0 Å². The van der Waals surface area contributed by atoms with Gasteiger partial charge in [-0.3, -0.25) is 5.41 Å². The average Bonchev–Trinajstić information content (AvgIpc) is 2.36. The molecule has 1 heterocycles. The average molecular weight is 228 g/mol. The third-order valence-electron chi connectivity index (χ3n) is 2.88. The molecule has 2 N–H and O–H groups in total. The molecule has 17 heavy (non-hydrogen) atoms. The summed E-state index contributed by atoms with van der Waals surface area (Å²) in [6.07, 6.45) is 2.94. The Hall–Kier alpha value is -2.03. The van der Waals surface area contributed by atoms with E-state index >= 15 is 0 Å². The Kier molecular flexibility index (Phi) is 3.00. The molecular weight excluding hydrogens is 212 g/mol. The van der Waals surface area contributed by atoms with E-state index in [0.717, 1.165) is 17.7 Å². The number of anilines is 1. The van der Waals surface area contributed by atoms with Crippen molar-refractivity contribution in [1.29, 1.82) is 5.41 Å². The van der Waals surface area contributed by atoms with Crippen molar-refractivity contribution < 1.29 is 4.74 Å². The van der Waals surface area contributed by atoms with Gasteiger partial charge in [0.2, 0.25) is 5.90 Å². The van der Waals surface area contributed by atoms with Crippen LogP contribution in [0.2, 0.25) is 0 Å². The van der Waals surface area contributed by atoms with Crippen LogP contribution in [-0.2, 0) is 11.2 Å². The molecule has 3 nitrogen and oxygen atoms in total. The molecule has 0 aromatic heterocycles. The summed E-state index contributed by atoms with van der Waals surface area (Å²) in [6, 6.07) is 6.26. The first-order valence-corrected chi connectivity index (χ1v) is 5.59. The lowest BCUT2D eigenvalue weighted by Crippen LogP contribution is -2.15. The second-order valence-electron chi connectivity index (χ2n) is 3.97. The zero-order valence-electron chi connectivity index (χ0n) is 10.1. The van der Waals surface area contributed by atoms with Gasteiger partial charge in [0.15, 0.2) is 0 Å². The van der Waals surface area contributed by atoms with Gasteiger partial charge in [0.05, 0.1) is 12.7 Å². The minimum absolute atomic E-state index is 0.134. The molecule has 1 aromatic rings. The van der Waals surface area contributed by atoms with Crippen molar-refractivity contribution in [3.8, 4) is 0 Å². The summed E-state index contributed by atoms with van der Waals surface area (Å²) in [6.45, 7) is 6.03. The standard InChI is InChI=1S/C14H16N2O/c1-4-10-5-6-13-11(7-10)8-12(9(2)16-13)14(15)17-3/h5-8,15-16H,2,4H2,1,3H3. The van der Waals surface area contributed by atoms with Crippen LogP contribution in [0.1, 0.15) is 18.1 Å². The number of fused-ring (bicyclic) bond motifs is 1. The highest BCUT2D eigenvalue weighted by molar-refractivity contribution is 6.03. The highest BCUT2D eigenvalue weighted by Crippen LogP contribution is 2.29. The van der Waals surface area contributed by atoms with E-state index in [9.17, 15) is 0 Å². The molecule has 2 rings (SSSR count). The van der Waals surface area contributed by atoms with Crippen molar-refractivity contribution in [2.24, 2.45) is 0 Å². The van der Waals surface area contributed by atoms with Gasteiger partial charge in [-0.1, -0.05) is 19.6 Å². The maximum Gasteiger partial charge on any atom is 0.215 e. The van der Waals surface area contributed by atoms with E-state index in [-0.39, 0.29) is 5.90 Å². The fourth-order valence-corrected chi connectivity index (χ4v) is 1.85. The topological polar surface area (TPSA) is 45.1 Å². The normalized spacial score (nSPS) is 13.5. The zero-order valence-corrected chi connectivity index (χ0v) is 10.1. The third-order valence-corrected chi connectivity index (χ3v) is 2.88. The van der Waals surface area contributed by atoms with Crippen LogP contribution in [0.15, 0.2) is 36.0 Å². The van der Waals surface area contributed by atoms with E-state index in [2.05, 4.69) is 31.0 Å². The van der Waals surface area contributed by atoms with E-state index in [1.165, 1.54) is 12.7 Å². The van der Waals surface area contributed by atoms with E-state index in [1.54, 1.807) is 0 Å². The fourth-order valence-electron chi connectivity index (χ4n) is 1.85. The molecule has 0 radical (unpaired) electrons. The Balaban J connectivity index is 2.47.